The van der Waals surface area contributed by atoms with Crippen molar-refractivity contribution in [3.63, 3.8) is 0 Å². The maximum Gasteiger partial charge on any atom is 0.262 e. The number of nitrogens with two attached hydrogens (primary N) is 1. The summed E-state index contributed by atoms with van der Waals surface area (Å²) < 4.78 is 0.716. The van der Waals surface area contributed by atoms with Gasteiger partial charge in [0.2, 0.25) is 5.88 Å². The van der Waals surface area contributed by atoms with Crippen LogP contribution >= 0.6 is 15.9 Å². The van der Waals surface area contributed by atoms with Gasteiger partial charge in [-0.05, 0) is 12.5 Å². The van der Waals surface area contributed by atoms with Gasteiger partial charge in [0.05, 0.1) is 6.04 Å². The average molecular weight is 338 g/mol. The fourth-order valence-corrected chi connectivity index (χ4v) is 2.49. The second-order valence-corrected chi connectivity index (χ2v) is 5.38. The minimum absolute atomic E-state index is 0.143. The van der Waals surface area contributed by atoms with E-state index in [1.165, 1.54) is 0 Å². The topological polar surface area (TPSA) is 92.0 Å². The van der Waals surface area contributed by atoms with Crippen LogP contribution in [0.2, 0.25) is 0 Å². The molecule has 6 heteroatoms. The van der Waals surface area contributed by atoms with E-state index >= 15 is 0 Å². The fraction of sp³-hybridized carbons (Fsp3) is 0.286. The SMILES string of the molecule is CCCC(N)c1nc(O)c(-c2ccccc2Br)c(=O)[nH]1. The molecule has 4 N–H and O–H groups in total. The van der Waals surface area contributed by atoms with Gasteiger partial charge in [-0.2, -0.15) is 4.98 Å². The minimum Gasteiger partial charge on any atom is -0.493 e. The third kappa shape index (κ3) is 2.91. The Morgan fingerprint density at radius 1 is 1.45 bits per heavy atom. The van der Waals surface area contributed by atoms with Crippen LogP contribution in [0.1, 0.15) is 31.6 Å². The Labute approximate surface area is 125 Å². The number of hydrogen-bond donors (Lipinski definition) is 3. The van der Waals surface area contributed by atoms with E-state index in [4.69, 9.17) is 5.73 Å². The van der Waals surface area contributed by atoms with Crippen molar-refractivity contribution in [3.05, 3.63) is 44.9 Å². The molecule has 0 aliphatic carbocycles. The number of rotatable bonds is 4. The van der Waals surface area contributed by atoms with E-state index in [0.717, 1.165) is 6.42 Å². The molecule has 2 aromatic rings. The lowest BCUT2D eigenvalue weighted by Gasteiger charge is -2.12. The van der Waals surface area contributed by atoms with Gasteiger partial charge in [-0.3, -0.25) is 4.79 Å². The summed E-state index contributed by atoms with van der Waals surface area (Å²) in [6, 6.07) is 6.77. The van der Waals surface area contributed by atoms with E-state index in [9.17, 15) is 9.90 Å². The Hall–Kier alpha value is -1.66. The highest BCUT2D eigenvalue weighted by atomic mass is 79.9. The molecule has 1 unspecified atom stereocenters. The zero-order valence-corrected chi connectivity index (χ0v) is 12.6. The number of aromatic nitrogens is 2. The lowest BCUT2D eigenvalue weighted by molar-refractivity contribution is 0.444. The average Bonchev–Trinajstić information content (AvgIpc) is 2.40. The first-order chi connectivity index (χ1) is 9.54. The van der Waals surface area contributed by atoms with Crippen LogP contribution in [-0.2, 0) is 0 Å². The van der Waals surface area contributed by atoms with Crippen LogP contribution in [-0.4, -0.2) is 15.1 Å². The molecule has 1 aromatic heterocycles. The van der Waals surface area contributed by atoms with Crippen LogP contribution in [0.4, 0.5) is 0 Å². The highest BCUT2D eigenvalue weighted by Gasteiger charge is 2.17. The molecule has 0 radical (unpaired) electrons. The van der Waals surface area contributed by atoms with Crippen molar-refractivity contribution < 1.29 is 5.11 Å². The van der Waals surface area contributed by atoms with Gasteiger partial charge >= 0.3 is 0 Å². The third-order valence-electron chi connectivity index (χ3n) is 3.01. The maximum absolute atomic E-state index is 12.2. The van der Waals surface area contributed by atoms with E-state index in [2.05, 4.69) is 25.9 Å². The van der Waals surface area contributed by atoms with E-state index in [1.54, 1.807) is 18.2 Å². The first-order valence-electron chi connectivity index (χ1n) is 6.38. The monoisotopic (exact) mass is 337 g/mol. The molecule has 0 spiro atoms. The Morgan fingerprint density at radius 2 is 2.15 bits per heavy atom. The van der Waals surface area contributed by atoms with Crippen molar-refractivity contribution in [1.29, 1.82) is 0 Å². The number of benzene rings is 1. The number of nitrogens with zero attached hydrogens (tertiary/aromatic N) is 1. The molecular weight excluding hydrogens is 322 g/mol. The number of aromatic amines is 1. The standard InChI is InChI=1S/C14H16BrN3O2/c1-2-5-10(16)12-17-13(19)11(14(20)18-12)8-6-3-4-7-9(8)15/h3-4,6-7,10H,2,5,16H2,1H3,(H2,17,18,19,20). The van der Waals surface area contributed by atoms with Crippen LogP contribution in [0.25, 0.3) is 11.1 Å². The zero-order valence-electron chi connectivity index (χ0n) is 11.1. The molecule has 0 fully saturated rings. The van der Waals surface area contributed by atoms with Crippen LogP contribution < -0.4 is 11.3 Å². The number of H-pyrrole nitrogens is 1. The lowest BCUT2D eigenvalue weighted by atomic mass is 10.1. The number of nitrogens with one attached hydrogen (secondary N) is 1. The number of aromatic hydroxyl groups is 1. The van der Waals surface area contributed by atoms with Gasteiger partial charge in [0.25, 0.3) is 5.56 Å². The predicted octanol–water partition coefficient (Wildman–Crippen LogP) is 2.70. The molecule has 0 aliphatic heterocycles. The van der Waals surface area contributed by atoms with Crippen molar-refractivity contribution in [1.82, 2.24) is 9.97 Å². The molecule has 0 saturated carbocycles. The van der Waals surface area contributed by atoms with E-state index < -0.39 is 5.56 Å². The first-order valence-corrected chi connectivity index (χ1v) is 7.17. The third-order valence-corrected chi connectivity index (χ3v) is 3.70. The highest BCUT2D eigenvalue weighted by molar-refractivity contribution is 9.10. The van der Waals surface area contributed by atoms with E-state index in [1.807, 2.05) is 13.0 Å². The lowest BCUT2D eigenvalue weighted by Crippen LogP contribution is -2.20. The fourth-order valence-electron chi connectivity index (χ4n) is 2.01. The summed E-state index contributed by atoms with van der Waals surface area (Å²) in [4.78, 5) is 18.9. The number of hydrogen-bond acceptors (Lipinski definition) is 4. The quantitative estimate of drug-likeness (QED) is 0.799. The molecule has 2 rings (SSSR count). The summed E-state index contributed by atoms with van der Waals surface area (Å²) in [5.41, 5.74) is 6.25. The summed E-state index contributed by atoms with van der Waals surface area (Å²) in [5.74, 6) is 0.00681. The normalized spacial score (nSPS) is 12.3. The Bertz CT molecular complexity index is 670. The molecule has 0 amide bonds. The first kappa shape index (κ1) is 14.7. The van der Waals surface area contributed by atoms with Gasteiger partial charge < -0.3 is 15.8 Å². The van der Waals surface area contributed by atoms with Gasteiger partial charge in [-0.25, -0.2) is 0 Å². The van der Waals surface area contributed by atoms with Crippen molar-refractivity contribution in [2.75, 3.05) is 0 Å². The molecule has 20 heavy (non-hydrogen) atoms. The second kappa shape index (κ2) is 6.19. The van der Waals surface area contributed by atoms with Gasteiger partial charge in [-0.15, -0.1) is 0 Å². The molecule has 106 valence electrons. The van der Waals surface area contributed by atoms with Gasteiger partial charge in [0, 0.05) is 10.0 Å². The van der Waals surface area contributed by atoms with Gasteiger partial charge in [0.1, 0.15) is 11.4 Å². The Morgan fingerprint density at radius 3 is 2.75 bits per heavy atom. The Balaban J connectivity index is 2.53. The summed E-state index contributed by atoms with van der Waals surface area (Å²) in [5, 5.41) is 10.1. The molecule has 5 nitrogen and oxygen atoms in total. The molecule has 0 aliphatic rings. The van der Waals surface area contributed by atoms with Crippen molar-refractivity contribution in [3.8, 4) is 17.0 Å². The van der Waals surface area contributed by atoms with Crippen LogP contribution in [0.5, 0.6) is 5.88 Å². The van der Waals surface area contributed by atoms with Crippen LogP contribution in [0.15, 0.2) is 33.5 Å². The summed E-state index contributed by atoms with van der Waals surface area (Å²) in [6.07, 6.45) is 1.56. The highest BCUT2D eigenvalue weighted by Crippen LogP contribution is 2.30. The van der Waals surface area contributed by atoms with Crippen molar-refractivity contribution in [2.45, 2.75) is 25.8 Å². The van der Waals surface area contributed by atoms with E-state index in [-0.39, 0.29) is 17.5 Å². The predicted molar refractivity (Wildman–Crippen MR) is 81.5 cm³/mol. The van der Waals surface area contributed by atoms with E-state index in [0.29, 0.717) is 22.3 Å². The molecule has 1 aromatic carbocycles. The largest absolute Gasteiger partial charge is 0.493 e. The zero-order chi connectivity index (χ0) is 14.7. The number of halogens is 1. The molecular formula is C14H16BrN3O2. The van der Waals surface area contributed by atoms with Crippen molar-refractivity contribution in [2.24, 2.45) is 5.73 Å². The van der Waals surface area contributed by atoms with Crippen molar-refractivity contribution >= 4 is 15.9 Å². The molecule has 1 atom stereocenters. The molecule has 1 heterocycles. The smallest absolute Gasteiger partial charge is 0.262 e. The van der Waals surface area contributed by atoms with Gasteiger partial charge in [0.15, 0.2) is 0 Å². The summed E-state index contributed by atoms with van der Waals surface area (Å²) in [7, 11) is 0. The van der Waals surface area contributed by atoms with Crippen LogP contribution in [0.3, 0.4) is 0 Å². The molecule has 0 bridgehead atoms. The Kier molecular flexibility index (Phi) is 4.57. The molecule has 0 saturated heterocycles. The maximum atomic E-state index is 12.2. The van der Waals surface area contributed by atoms with Crippen LogP contribution in [0, 0.1) is 0 Å². The second-order valence-electron chi connectivity index (χ2n) is 4.52. The summed E-state index contributed by atoms with van der Waals surface area (Å²) >= 11 is 3.36. The van der Waals surface area contributed by atoms with Gasteiger partial charge in [-0.1, -0.05) is 47.5 Å². The summed E-state index contributed by atoms with van der Waals surface area (Å²) in [6.45, 7) is 1.99. The minimum atomic E-state index is -0.397.